The Hall–Kier alpha value is -2.47. The van der Waals surface area contributed by atoms with Gasteiger partial charge >= 0.3 is 5.97 Å². The Bertz CT molecular complexity index is 711. The molecule has 1 aliphatic heterocycles. The molecule has 6 heteroatoms. The average molecular weight is 326 g/mol. The number of carboxylic acid groups (broad SMARTS) is 1. The van der Waals surface area contributed by atoms with E-state index in [-0.39, 0.29) is 18.3 Å². The van der Waals surface area contributed by atoms with Gasteiger partial charge in [0, 0.05) is 38.8 Å². The summed E-state index contributed by atoms with van der Waals surface area (Å²) in [4.78, 5) is 13.5. The Morgan fingerprint density at radius 1 is 1.33 bits per heavy atom. The maximum Gasteiger partial charge on any atom is 0.303 e. The third kappa shape index (κ3) is 4.08. The number of aromatic nitrogens is 3. The largest absolute Gasteiger partial charge is 0.481 e. The molecule has 0 spiro atoms. The summed E-state index contributed by atoms with van der Waals surface area (Å²) in [5.41, 5.74) is 2.06. The summed E-state index contributed by atoms with van der Waals surface area (Å²) in [6.07, 6.45) is 6.29. The number of carboxylic acids is 1. The maximum atomic E-state index is 11.2. The van der Waals surface area contributed by atoms with E-state index in [2.05, 4.69) is 39.5 Å². The topological polar surface area (TPSA) is 71.2 Å². The van der Waals surface area contributed by atoms with Crippen LogP contribution in [0.15, 0.2) is 42.6 Å². The third-order valence-electron chi connectivity index (χ3n) is 4.43. The summed E-state index contributed by atoms with van der Waals surface area (Å²) >= 11 is 0. The Balaban J connectivity index is 1.65. The summed E-state index contributed by atoms with van der Waals surface area (Å²) in [5.74, 6) is -0.556. The van der Waals surface area contributed by atoms with Gasteiger partial charge in [0.25, 0.3) is 0 Å². The lowest BCUT2D eigenvalue weighted by molar-refractivity contribution is -0.138. The van der Waals surface area contributed by atoms with Crippen LogP contribution in [0.1, 0.15) is 23.6 Å². The minimum atomic E-state index is -0.754. The van der Waals surface area contributed by atoms with Gasteiger partial charge in [0.1, 0.15) is 0 Å². The zero-order valence-electron chi connectivity index (χ0n) is 13.7. The zero-order valence-corrected chi connectivity index (χ0v) is 13.7. The number of hydrogen-bond acceptors (Lipinski definition) is 4. The van der Waals surface area contributed by atoms with Crippen molar-refractivity contribution in [3.8, 4) is 0 Å². The highest BCUT2D eigenvalue weighted by Gasteiger charge is 2.36. The van der Waals surface area contributed by atoms with Crippen LogP contribution in [-0.4, -0.2) is 50.6 Å². The molecule has 1 fully saturated rings. The van der Waals surface area contributed by atoms with Crippen LogP contribution in [0.3, 0.4) is 0 Å². The summed E-state index contributed by atoms with van der Waals surface area (Å²) in [6, 6.07) is 10.2. The molecule has 0 radical (unpaired) electrons. The van der Waals surface area contributed by atoms with E-state index < -0.39 is 5.97 Å². The van der Waals surface area contributed by atoms with Crippen LogP contribution in [-0.2, 0) is 11.8 Å². The molecule has 1 aromatic heterocycles. The molecule has 0 bridgehead atoms. The molecule has 1 saturated heterocycles. The first kappa shape index (κ1) is 16.4. The standard InChI is InChI=1S/C18H22N4O2/c1-21-13-17(19-20-21)16-12-22(11-15(16)10-18(23)24)9-5-8-14-6-3-2-4-7-14/h2-8,13,15-16H,9-12H2,1H3,(H,23,24)/t15-,16+/m0/s1. The predicted octanol–water partition coefficient (Wildman–Crippen LogP) is 2.02. The fraction of sp³-hybridized carbons (Fsp3) is 0.389. The van der Waals surface area contributed by atoms with E-state index in [1.165, 1.54) is 5.56 Å². The van der Waals surface area contributed by atoms with Crippen molar-refractivity contribution in [3.63, 3.8) is 0 Å². The lowest BCUT2D eigenvalue weighted by atomic mass is 9.91. The SMILES string of the molecule is Cn1cc([C@@H]2CN(CC=Cc3ccccc3)C[C@@H]2CC(=O)O)nn1. The van der Waals surface area contributed by atoms with Crippen molar-refractivity contribution >= 4 is 12.0 Å². The molecule has 0 aliphatic carbocycles. The number of carbonyl (C=O) groups is 1. The highest BCUT2D eigenvalue weighted by molar-refractivity contribution is 5.67. The van der Waals surface area contributed by atoms with Crippen molar-refractivity contribution in [2.45, 2.75) is 12.3 Å². The van der Waals surface area contributed by atoms with Crippen molar-refractivity contribution in [1.82, 2.24) is 19.9 Å². The summed E-state index contributed by atoms with van der Waals surface area (Å²) in [6.45, 7) is 2.39. The van der Waals surface area contributed by atoms with Gasteiger partial charge in [-0.2, -0.15) is 0 Å². The average Bonchev–Trinajstić information content (AvgIpc) is 3.14. The van der Waals surface area contributed by atoms with E-state index >= 15 is 0 Å². The van der Waals surface area contributed by atoms with E-state index in [1.807, 2.05) is 31.4 Å². The summed E-state index contributed by atoms with van der Waals surface area (Å²) < 4.78 is 1.67. The van der Waals surface area contributed by atoms with Crippen molar-refractivity contribution in [2.75, 3.05) is 19.6 Å². The van der Waals surface area contributed by atoms with Crippen LogP contribution in [0.4, 0.5) is 0 Å². The van der Waals surface area contributed by atoms with Gasteiger partial charge in [-0.1, -0.05) is 47.7 Å². The van der Waals surface area contributed by atoms with Crippen molar-refractivity contribution in [2.24, 2.45) is 13.0 Å². The first-order valence-corrected chi connectivity index (χ1v) is 8.14. The van der Waals surface area contributed by atoms with Crippen LogP contribution >= 0.6 is 0 Å². The Morgan fingerprint density at radius 2 is 2.12 bits per heavy atom. The molecule has 0 unspecified atom stereocenters. The quantitative estimate of drug-likeness (QED) is 0.879. The monoisotopic (exact) mass is 326 g/mol. The molecule has 6 nitrogen and oxygen atoms in total. The maximum absolute atomic E-state index is 11.2. The van der Waals surface area contributed by atoms with Gasteiger partial charge in [0.15, 0.2) is 0 Å². The lowest BCUT2D eigenvalue weighted by Crippen LogP contribution is -2.21. The van der Waals surface area contributed by atoms with E-state index in [0.29, 0.717) is 0 Å². The second kappa shape index (κ2) is 7.40. The van der Waals surface area contributed by atoms with Crippen LogP contribution < -0.4 is 0 Å². The van der Waals surface area contributed by atoms with Gasteiger partial charge < -0.3 is 5.11 Å². The molecule has 1 aliphatic rings. The van der Waals surface area contributed by atoms with Gasteiger partial charge in [-0.3, -0.25) is 14.4 Å². The predicted molar refractivity (Wildman–Crippen MR) is 91.4 cm³/mol. The number of likely N-dealkylation sites (tertiary alicyclic amines) is 1. The number of aryl methyl sites for hydroxylation is 1. The molecule has 24 heavy (non-hydrogen) atoms. The first-order chi connectivity index (χ1) is 11.6. The molecule has 0 saturated carbocycles. The molecular weight excluding hydrogens is 304 g/mol. The number of hydrogen-bond donors (Lipinski definition) is 1. The number of benzene rings is 1. The third-order valence-corrected chi connectivity index (χ3v) is 4.43. The molecule has 2 atom stereocenters. The highest BCUT2D eigenvalue weighted by Crippen LogP contribution is 2.33. The van der Waals surface area contributed by atoms with Crippen molar-refractivity contribution in [1.29, 1.82) is 0 Å². The van der Waals surface area contributed by atoms with Crippen LogP contribution in [0.5, 0.6) is 0 Å². The van der Waals surface area contributed by atoms with E-state index in [4.69, 9.17) is 0 Å². The summed E-state index contributed by atoms with van der Waals surface area (Å²) in [5, 5.41) is 17.4. The molecular formula is C18H22N4O2. The molecule has 0 amide bonds. The number of rotatable bonds is 6. The first-order valence-electron chi connectivity index (χ1n) is 8.14. The Morgan fingerprint density at radius 3 is 2.79 bits per heavy atom. The smallest absolute Gasteiger partial charge is 0.303 e. The second-order valence-electron chi connectivity index (χ2n) is 6.31. The number of nitrogens with zero attached hydrogens (tertiary/aromatic N) is 4. The van der Waals surface area contributed by atoms with Gasteiger partial charge in [0.05, 0.1) is 12.1 Å². The highest BCUT2D eigenvalue weighted by atomic mass is 16.4. The van der Waals surface area contributed by atoms with Crippen molar-refractivity contribution < 1.29 is 9.90 Å². The minimum absolute atomic E-state index is 0.0734. The fourth-order valence-electron chi connectivity index (χ4n) is 3.31. The molecule has 126 valence electrons. The van der Waals surface area contributed by atoms with Crippen LogP contribution in [0.25, 0.3) is 6.08 Å². The van der Waals surface area contributed by atoms with Crippen LogP contribution in [0.2, 0.25) is 0 Å². The van der Waals surface area contributed by atoms with Crippen molar-refractivity contribution in [3.05, 3.63) is 53.9 Å². The van der Waals surface area contributed by atoms with E-state index in [1.54, 1.807) is 4.68 Å². The van der Waals surface area contributed by atoms with Crippen LogP contribution in [0, 0.1) is 5.92 Å². The molecule has 2 heterocycles. The molecule has 1 aromatic carbocycles. The number of aliphatic carboxylic acids is 1. The van der Waals surface area contributed by atoms with E-state index in [9.17, 15) is 9.90 Å². The Labute approximate surface area is 141 Å². The lowest BCUT2D eigenvalue weighted by Gasteiger charge is -2.13. The minimum Gasteiger partial charge on any atom is -0.481 e. The van der Waals surface area contributed by atoms with E-state index in [0.717, 1.165) is 25.3 Å². The van der Waals surface area contributed by atoms with Gasteiger partial charge in [-0.25, -0.2) is 0 Å². The zero-order chi connectivity index (χ0) is 16.9. The normalized spacial score (nSPS) is 21.5. The molecule has 2 aromatic rings. The Kier molecular flexibility index (Phi) is 5.05. The van der Waals surface area contributed by atoms with Gasteiger partial charge in [-0.05, 0) is 11.5 Å². The molecule has 1 N–H and O–H groups in total. The summed E-state index contributed by atoms with van der Waals surface area (Å²) in [7, 11) is 1.83. The fourth-order valence-corrected chi connectivity index (χ4v) is 3.31. The second-order valence-corrected chi connectivity index (χ2v) is 6.31. The van der Waals surface area contributed by atoms with Gasteiger partial charge in [-0.15, -0.1) is 5.10 Å². The molecule has 3 rings (SSSR count). The van der Waals surface area contributed by atoms with Gasteiger partial charge in [0.2, 0.25) is 0 Å².